The van der Waals surface area contributed by atoms with Gasteiger partial charge in [0.05, 0.1) is 6.54 Å². The van der Waals surface area contributed by atoms with Gasteiger partial charge in [0.1, 0.15) is 0 Å². The van der Waals surface area contributed by atoms with Crippen LogP contribution in [0.3, 0.4) is 0 Å². The minimum absolute atomic E-state index is 0.0140. The molecule has 1 aromatic carbocycles. The third-order valence-electron chi connectivity index (χ3n) is 4.10. The average molecular weight is 310 g/mol. The Kier molecular flexibility index (Phi) is 6.03. The summed E-state index contributed by atoms with van der Waals surface area (Å²) in [5.41, 5.74) is 1.71. The standard InChI is InChI=1S/C16H24ClN3O/c1-12-14(17)6-3-7-15(12)19-16(21)11-20(2)13-5-4-9-18-10-8-13/h3,6-7,13,18H,4-5,8-11H2,1-2H3,(H,19,21). The van der Waals surface area contributed by atoms with Crippen molar-refractivity contribution in [1.29, 1.82) is 0 Å². The number of benzene rings is 1. The maximum absolute atomic E-state index is 12.2. The fourth-order valence-electron chi connectivity index (χ4n) is 2.73. The molecule has 0 saturated carbocycles. The molecule has 2 N–H and O–H groups in total. The second-order valence-corrected chi connectivity index (χ2v) is 6.12. The van der Waals surface area contributed by atoms with Gasteiger partial charge in [-0.3, -0.25) is 9.69 Å². The predicted molar refractivity (Wildman–Crippen MR) is 88.0 cm³/mol. The number of hydrogen-bond acceptors (Lipinski definition) is 3. The summed E-state index contributed by atoms with van der Waals surface area (Å²) >= 11 is 6.07. The van der Waals surface area contributed by atoms with Gasteiger partial charge in [-0.2, -0.15) is 0 Å². The first-order chi connectivity index (χ1) is 10.1. The van der Waals surface area contributed by atoms with E-state index in [1.165, 1.54) is 6.42 Å². The topological polar surface area (TPSA) is 44.4 Å². The molecule has 1 aliphatic rings. The molecule has 0 aromatic heterocycles. The largest absolute Gasteiger partial charge is 0.325 e. The molecule has 5 heteroatoms. The Morgan fingerprint density at radius 1 is 1.43 bits per heavy atom. The summed E-state index contributed by atoms with van der Waals surface area (Å²) in [5, 5.41) is 7.03. The highest BCUT2D eigenvalue weighted by Crippen LogP contribution is 2.23. The molecular weight excluding hydrogens is 286 g/mol. The number of rotatable bonds is 4. The number of carbonyl (C=O) groups excluding carboxylic acids is 1. The van der Waals surface area contributed by atoms with E-state index in [1.807, 2.05) is 32.2 Å². The smallest absolute Gasteiger partial charge is 0.238 e. The first kappa shape index (κ1) is 16.3. The SMILES string of the molecule is Cc1c(Cl)cccc1NC(=O)CN(C)C1CCCNCC1. The third-order valence-corrected chi connectivity index (χ3v) is 4.51. The van der Waals surface area contributed by atoms with Crippen LogP contribution in [0, 0.1) is 6.92 Å². The fraction of sp³-hybridized carbons (Fsp3) is 0.562. The number of halogens is 1. The minimum atomic E-state index is 0.0140. The zero-order chi connectivity index (χ0) is 15.2. The van der Waals surface area contributed by atoms with Crippen LogP contribution < -0.4 is 10.6 Å². The molecule has 1 amide bonds. The maximum Gasteiger partial charge on any atom is 0.238 e. The third kappa shape index (κ3) is 4.70. The molecule has 1 aliphatic heterocycles. The van der Waals surface area contributed by atoms with Gasteiger partial charge < -0.3 is 10.6 Å². The van der Waals surface area contributed by atoms with Gasteiger partial charge in [-0.25, -0.2) is 0 Å². The molecule has 0 aliphatic carbocycles. The van der Waals surface area contributed by atoms with Crippen molar-refractivity contribution in [1.82, 2.24) is 10.2 Å². The summed E-state index contributed by atoms with van der Waals surface area (Å²) in [4.78, 5) is 14.4. The van der Waals surface area contributed by atoms with Crippen molar-refractivity contribution in [3.63, 3.8) is 0 Å². The number of likely N-dealkylation sites (N-methyl/N-ethyl adjacent to an activating group) is 1. The van der Waals surface area contributed by atoms with Gasteiger partial charge in [-0.05, 0) is 64.0 Å². The zero-order valence-electron chi connectivity index (χ0n) is 12.8. The molecule has 2 rings (SSSR count). The first-order valence-corrected chi connectivity index (χ1v) is 7.91. The molecule has 1 aromatic rings. The van der Waals surface area contributed by atoms with Crippen molar-refractivity contribution in [2.45, 2.75) is 32.2 Å². The molecule has 1 heterocycles. The number of hydrogen-bond donors (Lipinski definition) is 2. The van der Waals surface area contributed by atoms with E-state index in [2.05, 4.69) is 15.5 Å². The van der Waals surface area contributed by atoms with Crippen LogP contribution in [0.25, 0.3) is 0 Å². The van der Waals surface area contributed by atoms with Gasteiger partial charge in [0.15, 0.2) is 0 Å². The normalized spacial score (nSPS) is 19.3. The minimum Gasteiger partial charge on any atom is -0.325 e. The highest BCUT2D eigenvalue weighted by molar-refractivity contribution is 6.31. The Morgan fingerprint density at radius 3 is 3.05 bits per heavy atom. The molecule has 0 radical (unpaired) electrons. The lowest BCUT2D eigenvalue weighted by atomic mass is 10.1. The summed E-state index contributed by atoms with van der Waals surface area (Å²) in [6.07, 6.45) is 3.41. The van der Waals surface area contributed by atoms with E-state index >= 15 is 0 Å². The summed E-state index contributed by atoms with van der Waals surface area (Å²) in [5.74, 6) is 0.0140. The van der Waals surface area contributed by atoms with E-state index in [0.29, 0.717) is 17.6 Å². The Morgan fingerprint density at radius 2 is 2.24 bits per heavy atom. The molecule has 1 atom stereocenters. The van der Waals surface area contributed by atoms with Crippen LogP contribution in [0.15, 0.2) is 18.2 Å². The number of anilines is 1. The van der Waals surface area contributed by atoms with Gasteiger partial charge in [0.25, 0.3) is 0 Å². The van der Waals surface area contributed by atoms with Gasteiger partial charge in [0.2, 0.25) is 5.91 Å². The summed E-state index contributed by atoms with van der Waals surface area (Å²) in [7, 11) is 2.03. The maximum atomic E-state index is 12.2. The Bertz CT molecular complexity index is 484. The van der Waals surface area contributed by atoms with E-state index in [4.69, 9.17) is 11.6 Å². The lowest BCUT2D eigenvalue weighted by Gasteiger charge is -2.26. The van der Waals surface area contributed by atoms with Gasteiger partial charge >= 0.3 is 0 Å². The van der Waals surface area contributed by atoms with Crippen LogP contribution in [0.2, 0.25) is 5.02 Å². The van der Waals surface area contributed by atoms with Crippen molar-refractivity contribution in [2.75, 3.05) is 32.0 Å². The van der Waals surface area contributed by atoms with Crippen LogP contribution in [-0.2, 0) is 4.79 Å². The first-order valence-electron chi connectivity index (χ1n) is 7.54. The monoisotopic (exact) mass is 309 g/mol. The molecule has 0 spiro atoms. The molecule has 1 fully saturated rings. The summed E-state index contributed by atoms with van der Waals surface area (Å²) in [6.45, 7) is 4.44. The van der Waals surface area contributed by atoms with Crippen LogP contribution >= 0.6 is 11.6 Å². The van der Waals surface area contributed by atoms with E-state index < -0.39 is 0 Å². The molecule has 116 valence electrons. The highest BCUT2D eigenvalue weighted by Gasteiger charge is 2.19. The lowest BCUT2D eigenvalue weighted by Crippen LogP contribution is -2.38. The Labute approximate surface area is 131 Å². The van der Waals surface area contributed by atoms with Crippen LogP contribution in [0.4, 0.5) is 5.69 Å². The second-order valence-electron chi connectivity index (χ2n) is 5.71. The molecule has 21 heavy (non-hydrogen) atoms. The molecule has 1 saturated heterocycles. The molecule has 1 unspecified atom stereocenters. The van der Waals surface area contributed by atoms with E-state index in [0.717, 1.165) is 37.2 Å². The van der Waals surface area contributed by atoms with E-state index in [9.17, 15) is 4.79 Å². The average Bonchev–Trinajstić information content (AvgIpc) is 2.73. The quantitative estimate of drug-likeness (QED) is 0.899. The summed E-state index contributed by atoms with van der Waals surface area (Å²) in [6, 6.07) is 6.04. The lowest BCUT2D eigenvalue weighted by molar-refractivity contribution is -0.117. The van der Waals surface area contributed by atoms with Gasteiger partial charge in [-0.15, -0.1) is 0 Å². The van der Waals surface area contributed by atoms with E-state index in [1.54, 1.807) is 0 Å². The Balaban J connectivity index is 1.90. The van der Waals surface area contributed by atoms with Gasteiger partial charge in [0, 0.05) is 16.8 Å². The molecular formula is C16H24ClN3O. The fourth-order valence-corrected chi connectivity index (χ4v) is 2.90. The zero-order valence-corrected chi connectivity index (χ0v) is 13.5. The summed E-state index contributed by atoms with van der Waals surface area (Å²) < 4.78 is 0. The van der Waals surface area contributed by atoms with Crippen LogP contribution in [0.1, 0.15) is 24.8 Å². The second kappa shape index (κ2) is 7.78. The van der Waals surface area contributed by atoms with Crippen LogP contribution in [0.5, 0.6) is 0 Å². The van der Waals surface area contributed by atoms with Crippen molar-refractivity contribution in [2.24, 2.45) is 0 Å². The van der Waals surface area contributed by atoms with Crippen LogP contribution in [-0.4, -0.2) is 43.5 Å². The molecule has 4 nitrogen and oxygen atoms in total. The van der Waals surface area contributed by atoms with Crippen molar-refractivity contribution < 1.29 is 4.79 Å². The number of nitrogens with one attached hydrogen (secondary N) is 2. The van der Waals surface area contributed by atoms with Gasteiger partial charge in [-0.1, -0.05) is 17.7 Å². The highest BCUT2D eigenvalue weighted by atomic mass is 35.5. The number of carbonyl (C=O) groups is 1. The van der Waals surface area contributed by atoms with E-state index in [-0.39, 0.29) is 5.91 Å². The van der Waals surface area contributed by atoms with Crippen molar-refractivity contribution in [3.8, 4) is 0 Å². The number of amides is 1. The van der Waals surface area contributed by atoms with Crippen molar-refractivity contribution in [3.05, 3.63) is 28.8 Å². The predicted octanol–water partition coefficient (Wildman–Crippen LogP) is 2.66. The number of nitrogens with zero attached hydrogens (tertiary/aromatic N) is 1. The Hall–Kier alpha value is -1.10. The molecule has 0 bridgehead atoms. The van der Waals surface area contributed by atoms with Crippen molar-refractivity contribution >= 4 is 23.2 Å².